The molecule has 1 atom stereocenters. The molecule has 3 aromatic carbocycles. The summed E-state index contributed by atoms with van der Waals surface area (Å²) in [6, 6.07) is 20.7. The third-order valence-corrected chi connectivity index (χ3v) is 6.91. The summed E-state index contributed by atoms with van der Waals surface area (Å²) < 4.78 is 11.2. The van der Waals surface area contributed by atoms with Gasteiger partial charge in [-0.1, -0.05) is 48.2 Å². The fourth-order valence-electron chi connectivity index (χ4n) is 3.93. The lowest BCUT2D eigenvalue weighted by Gasteiger charge is -2.27. The molecule has 0 aromatic heterocycles. The molecular formula is C27H24N2O4S. The van der Waals surface area contributed by atoms with Gasteiger partial charge in [-0.2, -0.15) is 0 Å². The number of nitrogens with one attached hydrogen (secondary N) is 1. The monoisotopic (exact) mass is 472 g/mol. The van der Waals surface area contributed by atoms with Crippen LogP contribution in [0.4, 0.5) is 5.69 Å². The number of likely N-dealkylation sites (N-methyl/N-ethyl adjacent to an activating group) is 1. The van der Waals surface area contributed by atoms with Crippen LogP contribution >= 0.6 is 11.8 Å². The first-order chi connectivity index (χ1) is 16.5. The normalized spacial score (nSPS) is 16.7. The number of hydrogen-bond donors (Lipinski definition) is 1. The molecule has 2 aliphatic rings. The van der Waals surface area contributed by atoms with E-state index in [9.17, 15) is 9.59 Å². The second kappa shape index (κ2) is 9.27. The third-order valence-electron chi connectivity index (χ3n) is 5.83. The highest BCUT2D eigenvalue weighted by Crippen LogP contribution is 2.42. The molecule has 34 heavy (non-hydrogen) atoms. The lowest BCUT2D eigenvalue weighted by atomic mass is 10.1. The molecule has 0 radical (unpaired) electrons. The van der Waals surface area contributed by atoms with Gasteiger partial charge in [-0.25, -0.2) is 0 Å². The highest BCUT2D eigenvalue weighted by molar-refractivity contribution is 8.04. The maximum Gasteiger partial charge on any atom is 0.264 e. The van der Waals surface area contributed by atoms with Gasteiger partial charge >= 0.3 is 0 Å². The smallest absolute Gasteiger partial charge is 0.264 e. The molecule has 2 aliphatic heterocycles. The van der Waals surface area contributed by atoms with Crippen LogP contribution in [0.1, 0.15) is 34.5 Å². The van der Waals surface area contributed by atoms with E-state index in [0.29, 0.717) is 35.2 Å². The standard InChI is InChI=1S/C27H24N2O4S/c1-17(19-8-10-22-23(16-19)33-13-12-32-22)28-26(30)20-9-11-24-21(15-20)29(2)27(31)25(34-24)14-18-6-4-3-5-7-18/h3-11,14-17H,12-13H2,1-2H3,(H,28,30). The van der Waals surface area contributed by atoms with Crippen LogP contribution in [0.5, 0.6) is 11.5 Å². The van der Waals surface area contributed by atoms with Crippen molar-refractivity contribution in [2.24, 2.45) is 0 Å². The molecule has 6 nitrogen and oxygen atoms in total. The van der Waals surface area contributed by atoms with E-state index in [2.05, 4.69) is 5.32 Å². The largest absolute Gasteiger partial charge is 0.486 e. The van der Waals surface area contributed by atoms with E-state index in [4.69, 9.17) is 9.47 Å². The Bertz CT molecular complexity index is 1290. The molecule has 172 valence electrons. The second-order valence-corrected chi connectivity index (χ2v) is 9.25. The molecular weight excluding hydrogens is 448 g/mol. The van der Waals surface area contributed by atoms with Crippen molar-refractivity contribution < 1.29 is 19.1 Å². The minimum Gasteiger partial charge on any atom is -0.486 e. The van der Waals surface area contributed by atoms with Gasteiger partial charge < -0.3 is 19.7 Å². The number of thioether (sulfide) groups is 1. The highest BCUT2D eigenvalue weighted by Gasteiger charge is 2.27. The van der Waals surface area contributed by atoms with Crippen molar-refractivity contribution in [3.05, 3.63) is 88.3 Å². The van der Waals surface area contributed by atoms with Crippen LogP contribution < -0.4 is 19.7 Å². The third kappa shape index (κ3) is 4.39. The molecule has 0 spiro atoms. The van der Waals surface area contributed by atoms with E-state index in [1.807, 2.05) is 67.6 Å². The zero-order chi connectivity index (χ0) is 23.7. The van der Waals surface area contributed by atoms with Crippen LogP contribution in [-0.2, 0) is 4.79 Å². The SMILES string of the molecule is CC(NC(=O)c1ccc2c(c1)N(C)C(=O)C(=Cc1ccccc1)S2)c1ccc2c(c1)OCCO2. The van der Waals surface area contributed by atoms with Crippen LogP contribution in [0.25, 0.3) is 6.08 Å². The first kappa shape index (κ1) is 22.1. The number of nitrogens with zero attached hydrogens (tertiary/aromatic N) is 1. The molecule has 0 bridgehead atoms. The minimum atomic E-state index is -0.228. The van der Waals surface area contributed by atoms with Crippen molar-refractivity contribution in [1.82, 2.24) is 5.32 Å². The number of carbonyl (C=O) groups excluding carboxylic acids is 2. The summed E-state index contributed by atoms with van der Waals surface area (Å²) in [5.74, 6) is 1.11. The number of anilines is 1. The van der Waals surface area contributed by atoms with Crippen molar-refractivity contribution in [2.45, 2.75) is 17.9 Å². The van der Waals surface area contributed by atoms with E-state index in [1.54, 1.807) is 24.1 Å². The summed E-state index contributed by atoms with van der Waals surface area (Å²) in [6.07, 6.45) is 1.89. The molecule has 0 fully saturated rings. The number of amides is 2. The van der Waals surface area contributed by atoms with Crippen LogP contribution in [0.2, 0.25) is 0 Å². The Balaban J connectivity index is 1.34. The van der Waals surface area contributed by atoms with Gasteiger partial charge in [-0.15, -0.1) is 0 Å². The molecule has 1 N–H and O–H groups in total. The van der Waals surface area contributed by atoms with E-state index in [-0.39, 0.29) is 17.9 Å². The van der Waals surface area contributed by atoms with Gasteiger partial charge in [-0.05, 0) is 54.5 Å². The van der Waals surface area contributed by atoms with Gasteiger partial charge in [0.05, 0.1) is 16.6 Å². The molecule has 0 saturated heterocycles. The lowest BCUT2D eigenvalue weighted by Crippen LogP contribution is -2.31. The Hall–Kier alpha value is -3.71. The maximum absolute atomic E-state index is 13.0. The fourth-order valence-corrected chi connectivity index (χ4v) is 5.02. The summed E-state index contributed by atoms with van der Waals surface area (Å²) in [5, 5.41) is 3.04. The molecule has 1 unspecified atom stereocenters. The summed E-state index contributed by atoms with van der Waals surface area (Å²) >= 11 is 1.42. The van der Waals surface area contributed by atoms with Gasteiger partial charge in [0, 0.05) is 17.5 Å². The van der Waals surface area contributed by atoms with Crippen molar-refractivity contribution >= 4 is 35.3 Å². The van der Waals surface area contributed by atoms with Crippen molar-refractivity contribution in [1.29, 1.82) is 0 Å². The molecule has 0 saturated carbocycles. The van der Waals surface area contributed by atoms with Gasteiger partial charge in [0.15, 0.2) is 11.5 Å². The van der Waals surface area contributed by atoms with E-state index >= 15 is 0 Å². The molecule has 5 rings (SSSR count). The van der Waals surface area contributed by atoms with Crippen LogP contribution in [0.15, 0.2) is 76.5 Å². The molecule has 3 aromatic rings. The summed E-state index contributed by atoms with van der Waals surface area (Å²) in [4.78, 5) is 29.2. The number of benzene rings is 3. The van der Waals surface area contributed by atoms with Crippen LogP contribution in [-0.4, -0.2) is 32.1 Å². The van der Waals surface area contributed by atoms with Crippen LogP contribution in [0, 0.1) is 0 Å². The fraction of sp³-hybridized carbons (Fsp3) is 0.185. The molecule has 7 heteroatoms. The Kier molecular flexibility index (Phi) is 6.02. The average Bonchev–Trinajstić information content (AvgIpc) is 2.87. The topological polar surface area (TPSA) is 67.9 Å². The summed E-state index contributed by atoms with van der Waals surface area (Å²) in [6.45, 7) is 2.97. The van der Waals surface area contributed by atoms with E-state index in [0.717, 1.165) is 21.7 Å². The summed E-state index contributed by atoms with van der Waals surface area (Å²) in [7, 11) is 1.74. The number of ether oxygens (including phenoxy) is 2. The van der Waals surface area contributed by atoms with E-state index < -0.39 is 0 Å². The van der Waals surface area contributed by atoms with Gasteiger partial charge in [0.2, 0.25) is 0 Å². The zero-order valence-corrected chi connectivity index (χ0v) is 19.7. The molecule has 0 aliphatic carbocycles. The van der Waals surface area contributed by atoms with Crippen LogP contribution in [0.3, 0.4) is 0 Å². The van der Waals surface area contributed by atoms with Crippen molar-refractivity contribution in [3.63, 3.8) is 0 Å². The predicted molar refractivity (Wildman–Crippen MR) is 133 cm³/mol. The minimum absolute atomic E-state index is 0.0939. The maximum atomic E-state index is 13.0. The second-order valence-electron chi connectivity index (χ2n) is 8.17. The molecule has 2 heterocycles. The average molecular weight is 473 g/mol. The molecule has 2 amide bonds. The Morgan fingerprint density at radius 2 is 1.79 bits per heavy atom. The number of fused-ring (bicyclic) bond motifs is 2. The lowest BCUT2D eigenvalue weighted by molar-refractivity contribution is -0.114. The zero-order valence-electron chi connectivity index (χ0n) is 18.9. The Morgan fingerprint density at radius 3 is 2.59 bits per heavy atom. The Morgan fingerprint density at radius 1 is 1.03 bits per heavy atom. The van der Waals surface area contributed by atoms with Crippen molar-refractivity contribution in [2.75, 3.05) is 25.2 Å². The van der Waals surface area contributed by atoms with E-state index in [1.165, 1.54) is 11.8 Å². The highest BCUT2D eigenvalue weighted by atomic mass is 32.2. The first-order valence-electron chi connectivity index (χ1n) is 11.1. The Labute approximate surface area is 202 Å². The van der Waals surface area contributed by atoms with Crippen molar-refractivity contribution in [3.8, 4) is 11.5 Å². The number of carbonyl (C=O) groups is 2. The quantitative estimate of drug-likeness (QED) is 0.538. The van der Waals surface area contributed by atoms with Gasteiger partial charge in [0.25, 0.3) is 11.8 Å². The predicted octanol–water partition coefficient (Wildman–Crippen LogP) is 5.06. The van der Waals surface area contributed by atoms with Gasteiger partial charge in [-0.3, -0.25) is 9.59 Å². The number of hydrogen-bond acceptors (Lipinski definition) is 5. The number of rotatable bonds is 4. The van der Waals surface area contributed by atoms with Gasteiger partial charge in [0.1, 0.15) is 13.2 Å². The first-order valence-corrected chi connectivity index (χ1v) is 11.9. The summed E-state index contributed by atoms with van der Waals surface area (Å²) in [5.41, 5.74) is 3.12.